The van der Waals surface area contributed by atoms with Gasteiger partial charge in [-0.25, -0.2) is 0 Å². The number of fused-ring (bicyclic) bond motifs is 2. The molecule has 0 spiro atoms. The highest BCUT2D eigenvalue weighted by Gasteiger charge is 2.38. The molecule has 8 heteroatoms. The third-order valence-corrected chi connectivity index (χ3v) is 4.23. The lowest BCUT2D eigenvalue weighted by atomic mass is 10.1. The van der Waals surface area contributed by atoms with Gasteiger partial charge in [0.15, 0.2) is 0 Å². The van der Waals surface area contributed by atoms with Crippen LogP contribution in [0.5, 0.6) is 0 Å². The molecule has 2 aromatic carbocycles. The first-order valence-electron chi connectivity index (χ1n) is 7.95. The number of aromatic nitrogens is 2. The Morgan fingerprint density at radius 2 is 1.78 bits per heavy atom. The number of hydrogen-bond acceptors (Lipinski definition) is 2. The van der Waals surface area contributed by atoms with E-state index >= 15 is 0 Å². The molecule has 136 valence electrons. The number of carbonyl (C=O) groups excluding carboxylic acids is 1. The monoisotopic (exact) mass is 371 g/mol. The maximum absolute atomic E-state index is 13.5. The smallest absolute Gasteiger partial charge is 0.361 e. The molecule has 5 nitrogen and oxygen atoms in total. The van der Waals surface area contributed by atoms with E-state index in [1.54, 1.807) is 24.4 Å². The lowest BCUT2D eigenvalue weighted by molar-refractivity contribution is -0.141. The topological polar surface area (TPSA) is 77.8 Å². The molecule has 0 fully saturated rings. The Morgan fingerprint density at radius 3 is 2.56 bits per heavy atom. The van der Waals surface area contributed by atoms with Crippen LogP contribution >= 0.6 is 0 Å². The van der Waals surface area contributed by atoms with Crippen LogP contribution in [0.15, 0.2) is 59.5 Å². The molecule has 4 aromatic rings. The predicted octanol–water partition coefficient (Wildman–Crippen LogP) is 4.28. The van der Waals surface area contributed by atoms with Crippen LogP contribution in [0.1, 0.15) is 16.1 Å². The van der Waals surface area contributed by atoms with E-state index < -0.39 is 28.8 Å². The number of H-pyrrole nitrogens is 2. The first kappa shape index (κ1) is 16.9. The van der Waals surface area contributed by atoms with Gasteiger partial charge in [-0.3, -0.25) is 9.59 Å². The summed E-state index contributed by atoms with van der Waals surface area (Å²) in [6.07, 6.45) is -3.19. The Labute approximate surface area is 149 Å². The Balaban J connectivity index is 1.84. The summed E-state index contributed by atoms with van der Waals surface area (Å²) in [5.74, 6) is -1.12. The van der Waals surface area contributed by atoms with Gasteiger partial charge in [0.2, 0.25) is 5.43 Å². The zero-order valence-electron chi connectivity index (χ0n) is 13.6. The van der Waals surface area contributed by atoms with Crippen molar-refractivity contribution in [3.63, 3.8) is 0 Å². The number of hydrogen-bond donors (Lipinski definition) is 3. The summed E-state index contributed by atoms with van der Waals surface area (Å²) >= 11 is 0. The Kier molecular flexibility index (Phi) is 3.76. The summed E-state index contributed by atoms with van der Waals surface area (Å²) in [5, 5.41) is 3.27. The van der Waals surface area contributed by atoms with E-state index in [2.05, 4.69) is 15.3 Å². The molecule has 0 saturated heterocycles. The summed E-state index contributed by atoms with van der Waals surface area (Å²) < 4.78 is 40.4. The number of pyridine rings is 1. The summed E-state index contributed by atoms with van der Waals surface area (Å²) in [6, 6.07) is 12.4. The molecule has 0 radical (unpaired) electrons. The maximum atomic E-state index is 13.5. The Hall–Kier alpha value is -3.55. The molecule has 0 unspecified atom stereocenters. The molecule has 27 heavy (non-hydrogen) atoms. The molecule has 1 amide bonds. The second kappa shape index (κ2) is 6.01. The number of aromatic amines is 2. The largest absolute Gasteiger partial charge is 0.432 e. The van der Waals surface area contributed by atoms with Crippen LogP contribution in [0.25, 0.3) is 21.8 Å². The summed E-state index contributed by atoms with van der Waals surface area (Å²) in [5.41, 5.74) is -2.32. The van der Waals surface area contributed by atoms with Gasteiger partial charge in [0.1, 0.15) is 11.3 Å². The molecule has 0 aliphatic carbocycles. The fraction of sp³-hybridized carbons (Fsp3) is 0.0526. The summed E-state index contributed by atoms with van der Waals surface area (Å²) in [7, 11) is 0. The van der Waals surface area contributed by atoms with Gasteiger partial charge in [0.25, 0.3) is 5.91 Å². The Morgan fingerprint density at radius 1 is 1.00 bits per heavy atom. The van der Waals surface area contributed by atoms with Crippen molar-refractivity contribution < 1.29 is 18.0 Å². The molecule has 0 bridgehead atoms. The number of rotatable bonds is 2. The van der Waals surface area contributed by atoms with Crippen LogP contribution in [0.3, 0.4) is 0 Å². The number of halogens is 3. The highest BCUT2D eigenvalue weighted by atomic mass is 19.4. The van der Waals surface area contributed by atoms with Crippen molar-refractivity contribution in [1.82, 2.24) is 9.97 Å². The fourth-order valence-corrected chi connectivity index (χ4v) is 2.98. The van der Waals surface area contributed by atoms with Crippen molar-refractivity contribution in [2.24, 2.45) is 0 Å². The van der Waals surface area contributed by atoms with Crippen LogP contribution in [0.4, 0.5) is 18.9 Å². The summed E-state index contributed by atoms with van der Waals surface area (Å²) in [6.45, 7) is 0. The predicted molar refractivity (Wildman–Crippen MR) is 95.8 cm³/mol. The molecular weight excluding hydrogens is 359 g/mol. The SMILES string of the molecule is O=C(Nc1ccc2cc[nH]c2c1)c1c(C(F)(F)F)[nH]c2ccccc2c1=O. The molecule has 3 N–H and O–H groups in total. The van der Waals surface area contributed by atoms with Crippen molar-refractivity contribution in [2.45, 2.75) is 6.18 Å². The van der Waals surface area contributed by atoms with Gasteiger partial charge in [0, 0.05) is 28.3 Å². The van der Waals surface area contributed by atoms with Gasteiger partial charge in [-0.2, -0.15) is 13.2 Å². The third kappa shape index (κ3) is 2.95. The van der Waals surface area contributed by atoms with Crippen molar-refractivity contribution in [3.8, 4) is 0 Å². The van der Waals surface area contributed by atoms with E-state index in [4.69, 9.17) is 0 Å². The minimum Gasteiger partial charge on any atom is -0.361 e. The average Bonchev–Trinajstić information content (AvgIpc) is 3.08. The van der Waals surface area contributed by atoms with E-state index in [9.17, 15) is 22.8 Å². The van der Waals surface area contributed by atoms with E-state index in [1.165, 1.54) is 24.3 Å². The molecule has 0 aliphatic heterocycles. The lowest BCUT2D eigenvalue weighted by Crippen LogP contribution is -2.28. The summed E-state index contributed by atoms with van der Waals surface area (Å²) in [4.78, 5) is 30.3. The van der Waals surface area contributed by atoms with E-state index in [0.29, 0.717) is 5.52 Å². The van der Waals surface area contributed by atoms with E-state index in [-0.39, 0.29) is 16.6 Å². The quantitative estimate of drug-likeness (QED) is 0.492. The highest BCUT2D eigenvalue weighted by molar-refractivity contribution is 6.07. The number of anilines is 1. The molecule has 0 aliphatic rings. The van der Waals surface area contributed by atoms with E-state index in [1.807, 2.05) is 6.07 Å². The number of amides is 1. The zero-order valence-corrected chi connectivity index (χ0v) is 13.6. The van der Waals surface area contributed by atoms with Crippen molar-refractivity contribution >= 4 is 33.4 Å². The number of alkyl halides is 3. The van der Waals surface area contributed by atoms with Gasteiger partial charge in [-0.15, -0.1) is 0 Å². The molecular formula is C19H12F3N3O2. The van der Waals surface area contributed by atoms with Crippen LogP contribution in [0, 0.1) is 0 Å². The molecule has 0 atom stereocenters. The first-order valence-corrected chi connectivity index (χ1v) is 7.95. The number of carbonyl (C=O) groups is 1. The van der Waals surface area contributed by atoms with Gasteiger partial charge < -0.3 is 15.3 Å². The second-order valence-corrected chi connectivity index (χ2v) is 5.98. The normalized spacial score (nSPS) is 11.8. The van der Waals surface area contributed by atoms with Crippen molar-refractivity contribution in [1.29, 1.82) is 0 Å². The first-order chi connectivity index (χ1) is 12.8. The van der Waals surface area contributed by atoms with Gasteiger partial charge in [-0.1, -0.05) is 18.2 Å². The molecule has 2 aromatic heterocycles. The standard InChI is InChI=1S/C19H12F3N3O2/c20-19(21,22)17-15(16(26)12-3-1-2-4-13(12)25-17)18(27)24-11-6-5-10-7-8-23-14(10)9-11/h1-9,23H,(H,24,27)(H,25,26). The minimum atomic E-state index is -4.89. The second-order valence-electron chi connectivity index (χ2n) is 5.98. The van der Waals surface area contributed by atoms with Crippen molar-refractivity contribution in [2.75, 3.05) is 5.32 Å². The van der Waals surface area contributed by atoms with E-state index in [0.717, 1.165) is 5.39 Å². The average molecular weight is 371 g/mol. The minimum absolute atomic E-state index is 0.00969. The zero-order chi connectivity index (χ0) is 19.2. The molecule has 2 heterocycles. The van der Waals surface area contributed by atoms with Gasteiger partial charge in [-0.05, 0) is 35.7 Å². The Bertz CT molecular complexity index is 1240. The highest BCUT2D eigenvalue weighted by Crippen LogP contribution is 2.31. The fourth-order valence-electron chi connectivity index (χ4n) is 2.98. The van der Waals surface area contributed by atoms with Crippen LogP contribution < -0.4 is 10.7 Å². The van der Waals surface area contributed by atoms with Crippen molar-refractivity contribution in [3.05, 3.63) is 76.2 Å². The van der Waals surface area contributed by atoms with Crippen LogP contribution in [-0.4, -0.2) is 15.9 Å². The molecule has 4 rings (SSSR count). The van der Waals surface area contributed by atoms with Gasteiger partial charge in [0.05, 0.1) is 0 Å². The number of para-hydroxylation sites is 1. The lowest BCUT2D eigenvalue weighted by Gasteiger charge is -2.14. The van der Waals surface area contributed by atoms with Crippen LogP contribution in [-0.2, 0) is 6.18 Å². The maximum Gasteiger partial charge on any atom is 0.432 e. The third-order valence-electron chi connectivity index (χ3n) is 4.23. The molecule has 0 saturated carbocycles. The number of benzene rings is 2. The van der Waals surface area contributed by atoms with Gasteiger partial charge >= 0.3 is 6.18 Å². The van der Waals surface area contributed by atoms with Crippen LogP contribution in [0.2, 0.25) is 0 Å². The number of nitrogens with one attached hydrogen (secondary N) is 3.